The third-order valence-corrected chi connectivity index (χ3v) is 16.6. The van der Waals surface area contributed by atoms with Crippen LogP contribution in [0.5, 0.6) is 0 Å². The second-order valence-corrected chi connectivity index (χ2v) is 15.9. The molecule has 2 fully saturated rings. The highest BCUT2D eigenvalue weighted by molar-refractivity contribution is 8.45. The van der Waals surface area contributed by atoms with E-state index in [-0.39, 0.29) is 10.2 Å². The molecule has 5 atom stereocenters. The Morgan fingerprint density at radius 3 is 2.05 bits per heavy atom. The molecular formula is C37H36S. The Labute approximate surface area is 229 Å². The molecule has 1 heteroatoms. The van der Waals surface area contributed by atoms with Crippen molar-refractivity contribution in [2.45, 2.75) is 61.2 Å². The second-order valence-electron chi connectivity index (χ2n) is 12.1. The lowest BCUT2D eigenvalue weighted by Gasteiger charge is -2.54. The molecule has 2 aliphatic heterocycles. The predicted molar refractivity (Wildman–Crippen MR) is 165 cm³/mol. The minimum atomic E-state index is -1.14. The van der Waals surface area contributed by atoms with Crippen LogP contribution in [0.2, 0.25) is 0 Å². The lowest BCUT2D eigenvalue weighted by molar-refractivity contribution is 0.151. The zero-order valence-corrected chi connectivity index (χ0v) is 23.7. The van der Waals surface area contributed by atoms with Gasteiger partial charge in [-0.15, -0.1) is 6.58 Å². The maximum absolute atomic E-state index is 4.41. The summed E-state index contributed by atoms with van der Waals surface area (Å²) < 4.78 is 0.227. The molecule has 38 heavy (non-hydrogen) atoms. The summed E-state index contributed by atoms with van der Waals surface area (Å²) in [7, 11) is -1.14. The molecule has 3 aromatic carbocycles. The van der Waals surface area contributed by atoms with Crippen LogP contribution >= 0.6 is 10.0 Å². The molecule has 0 bridgehead atoms. The van der Waals surface area contributed by atoms with Crippen LogP contribution < -0.4 is 0 Å². The molecule has 1 saturated heterocycles. The largest absolute Gasteiger partial charge is 0.194 e. The summed E-state index contributed by atoms with van der Waals surface area (Å²) in [4.78, 5) is 1.72. The van der Waals surface area contributed by atoms with Crippen LogP contribution in [0.1, 0.15) is 55.9 Å². The topological polar surface area (TPSA) is 0 Å². The number of aryl methyl sites for hydroxylation is 1. The fraction of sp³-hybridized carbons (Fsp3) is 0.297. The normalized spacial score (nSPS) is 34.1. The highest BCUT2D eigenvalue weighted by atomic mass is 32.3. The van der Waals surface area contributed by atoms with E-state index < -0.39 is 10.0 Å². The quantitative estimate of drug-likeness (QED) is 0.241. The van der Waals surface area contributed by atoms with E-state index in [9.17, 15) is 0 Å². The van der Waals surface area contributed by atoms with Crippen molar-refractivity contribution < 1.29 is 0 Å². The number of hydrogen-bond donors (Lipinski definition) is 0. The van der Waals surface area contributed by atoms with E-state index in [4.69, 9.17) is 0 Å². The van der Waals surface area contributed by atoms with E-state index in [1.54, 1.807) is 27.2 Å². The monoisotopic (exact) mass is 512 g/mol. The average Bonchev–Trinajstić information content (AvgIpc) is 3.18. The Morgan fingerprint density at radius 2 is 1.45 bits per heavy atom. The summed E-state index contributed by atoms with van der Waals surface area (Å²) in [6.45, 7) is 14.0. The molecule has 3 aliphatic carbocycles. The SMILES string of the molecule is C=CCC12C(C(CC)C13c1ccccc1-c1ccccc13)S21C(C)=C(c2ccccc2C)C2=CC(C)=CC21. The van der Waals surface area contributed by atoms with Crippen molar-refractivity contribution in [3.8, 4) is 11.1 Å². The van der Waals surface area contributed by atoms with E-state index >= 15 is 0 Å². The number of fused-ring (bicyclic) bond motifs is 11. The molecule has 2 spiro atoms. The minimum absolute atomic E-state index is 0.0705. The van der Waals surface area contributed by atoms with E-state index in [2.05, 4.69) is 125 Å². The van der Waals surface area contributed by atoms with Crippen LogP contribution in [-0.4, -0.2) is 15.2 Å². The zero-order chi connectivity index (χ0) is 26.0. The van der Waals surface area contributed by atoms with Gasteiger partial charge in [-0.3, -0.25) is 0 Å². The van der Waals surface area contributed by atoms with Gasteiger partial charge in [0.05, 0.1) is 0 Å². The first-order valence-corrected chi connectivity index (χ1v) is 16.1. The number of rotatable bonds is 4. The molecule has 3 aromatic rings. The van der Waals surface area contributed by atoms with Gasteiger partial charge in [-0.2, -0.15) is 10.0 Å². The van der Waals surface area contributed by atoms with Crippen molar-refractivity contribution in [1.29, 1.82) is 0 Å². The van der Waals surface area contributed by atoms with Gasteiger partial charge in [-0.25, -0.2) is 0 Å². The number of hydrogen-bond acceptors (Lipinski definition) is 0. The minimum Gasteiger partial charge on any atom is -0.194 e. The van der Waals surface area contributed by atoms with Gasteiger partial charge in [-0.1, -0.05) is 110 Å². The maximum atomic E-state index is 4.41. The fourth-order valence-electron chi connectivity index (χ4n) is 10.1. The Bertz CT molecular complexity index is 1620. The van der Waals surface area contributed by atoms with Gasteiger partial charge >= 0.3 is 0 Å². The van der Waals surface area contributed by atoms with Crippen LogP contribution in [0, 0.1) is 12.8 Å². The Morgan fingerprint density at radius 1 is 0.842 bits per heavy atom. The molecule has 1 saturated carbocycles. The van der Waals surface area contributed by atoms with Crippen LogP contribution in [0.3, 0.4) is 0 Å². The second kappa shape index (κ2) is 7.33. The van der Waals surface area contributed by atoms with Gasteiger partial charge in [0.15, 0.2) is 0 Å². The highest BCUT2D eigenvalue weighted by Crippen LogP contribution is 3.06. The summed E-state index contributed by atoms with van der Waals surface area (Å²) in [5.41, 5.74) is 13.7. The van der Waals surface area contributed by atoms with Crippen LogP contribution in [0.15, 0.2) is 114 Å². The molecule has 5 aliphatic rings. The Hall–Kier alpha value is -3.03. The average molecular weight is 513 g/mol. The molecule has 0 radical (unpaired) electrons. The van der Waals surface area contributed by atoms with Crippen LogP contribution in [0.25, 0.3) is 16.7 Å². The van der Waals surface area contributed by atoms with Gasteiger partial charge in [0.25, 0.3) is 0 Å². The molecular weight excluding hydrogens is 476 g/mol. The molecule has 2 heterocycles. The summed E-state index contributed by atoms with van der Waals surface area (Å²) in [5.74, 6) is 0.656. The van der Waals surface area contributed by atoms with Crippen molar-refractivity contribution in [1.82, 2.24) is 0 Å². The van der Waals surface area contributed by atoms with E-state index in [1.165, 1.54) is 34.2 Å². The maximum Gasteiger partial charge on any atom is 0.0402 e. The summed E-state index contributed by atoms with van der Waals surface area (Å²) in [6, 6.07) is 27.9. The van der Waals surface area contributed by atoms with Crippen LogP contribution in [0.4, 0.5) is 0 Å². The molecule has 0 aromatic heterocycles. The summed E-state index contributed by atoms with van der Waals surface area (Å²) in [5, 5.41) is 1.28. The van der Waals surface area contributed by atoms with Crippen molar-refractivity contribution in [2.75, 3.05) is 0 Å². The molecule has 190 valence electrons. The van der Waals surface area contributed by atoms with Gasteiger partial charge in [0, 0.05) is 20.7 Å². The molecule has 5 unspecified atom stereocenters. The van der Waals surface area contributed by atoms with Gasteiger partial charge in [0.2, 0.25) is 0 Å². The fourth-order valence-corrected chi connectivity index (χ4v) is 17.7. The van der Waals surface area contributed by atoms with E-state index in [1.807, 2.05) is 0 Å². The highest BCUT2D eigenvalue weighted by Gasteiger charge is 2.95. The molecule has 8 rings (SSSR count). The Kier molecular flexibility index (Phi) is 4.42. The number of benzene rings is 3. The molecule has 0 amide bonds. The zero-order valence-electron chi connectivity index (χ0n) is 22.9. The van der Waals surface area contributed by atoms with Crippen molar-refractivity contribution in [3.63, 3.8) is 0 Å². The summed E-state index contributed by atoms with van der Waals surface area (Å²) in [6.07, 6.45) is 9.79. The smallest absolute Gasteiger partial charge is 0.0402 e. The van der Waals surface area contributed by atoms with Crippen molar-refractivity contribution in [2.24, 2.45) is 5.92 Å². The van der Waals surface area contributed by atoms with Gasteiger partial charge in [0.1, 0.15) is 0 Å². The first kappa shape index (κ1) is 22.9. The van der Waals surface area contributed by atoms with Crippen LogP contribution in [-0.2, 0) is 5.41 Å². The third kappa shape index (κ3) is 2.12. The Balaban J connectivity index is 1.47. The van der Waals surface area contributed by atoms with E-state index in [0.717, 1.165) is 11.7 Å². The first-order valence-electron chi connectivity index (χ1n) is 14.3. The van der Waals surface area contributed by atoms with Crippen molar-refractivity contribution >= 4 is 15.6 Å². The lowest BCUT2D eigenvalue weighted by Crippen LogP contribution is -2.60. The molecule has 0 nitrogen and oxygen atoms in total. The van der Waals surface area contributed by atoms with Crippen molar-refractivity contribution in [3.05, 3.63) is 136 Å². The molecule has 0 N–H and O–H groups in total. The van der Waals surface area contributed by atoms with Gasteiger partial charge in [-0.05, 0) is 82.5 Å². The van der Waals surface area contributed by atoms with Gasteiger partial charge < -0.3 is 0 Å². The predicted octanol–water partition coefficient (Wildman–Crippen LogP) is 9.50. The first-order chi connectivity index (χ1) is 18.5. The summed E-state index contributed by atoms with van der Waals surface area (Å²) >= 11 is 0. The number of allylic oxidation sites excluding steroid dienone is 5. The van der Waals surface area contributed by atoms with E-state index in [0.29, 0.717) is 11.2 Å². The standard InChI is InChI=1S/C37H36S/c1-6-20-36-35(30(7-2)37(36)31-18-12-10-16-27(31)28-17-11-13-19-32(28)37)38(36)25(5)34(26-15-9-8-14-24(26)4)29-21-23(3)22-33(29)38/h6,8-19,21-22,30,33,35H,1,7,20H2,2-5H3. The third-order valence-electron chi connectivity index (χ3n) is 10.9. The lowest BCUT2D eigenvalue weighted by atomic mass is 9.47.